The summed E-state index contributed by atoms with van der Waals surface area (Å²) in [5.74, 6) is -0.678. The van der Waals surface area contributed by atoms with Crippen LogP contribution in [0.3, 0.4) is 0 Å². The summed E-state index contributed by atoms with van der Waals surface area (Å²) in [6, 6.07) is 5.89. The molecule has 8 nitrogen and oxygen atoms in total. The third-order valence-electron chi connectivity index (χ3n) is 4.68. The molecule has 34 heavy (non-hydrogen) atoms. The van der Waals surface area contributed by atoms with Gasteiger partial charge in [0.05, 0.1) is 26.2 Å². The Morgan fingerprint density at radius 3 is 2.53 bits per heavy atom. The van der Waals surface area contributed by atoms with Gasteiger partial charge in [-0.2, -0.15) is 17.9 Å². The zero-order valence-corrected chi connectivity index (χ0v) is 18.8. The second-order valence-electron chi connectivity index (χ2n) is 6.88. The molecular formula is C20H11Cl2F3N4O4S. The van der Waals surface area contributed by atoms with Crippen molar-refractivity contribution >= 4 is 44.7 Å². The molecule has 3 heterocycles. The first-order chi connectivity index (χ1) is 15.9. The summed E-state index contributed by atoms with van der Waals surface area (Å²) in [6.45, 7) is 0. The Bertz CT molecular complexity index is 1510. The molecule has 14 heteroatoms. The number of fused-ring (bicyclic) bond motifs is 1. The van der Waals surface area contributed by atoms with E-state index in [0.29, 0.717) is 10.8 Å². The van der Waals surface area contributed by atoms with Crippen LogP contribution in [0, 0.1) is 0 Å². The van der Waals surface area contributed by atoms with E-state index in [0.717, 1.165) is 30.6 Å². The first-order valence-corrected chi connectivity index (χ1v) is 11.4. The maximum Gasteiger partial charge on any atom is 0.417 e. The number of nitrogens with zero attached hydrogens (tertiary/aromatic N) is 3. The molecule has 1 aromatic heterocycles. The van der Waals surface area contributed by atoms with Crippen molar-refractivity contribution < 1.29 is 31.6 Å². The molecule has 0 unspecified atom stereocenters. The smallest absolute Gasteiger partial charge is 0.417 e. The van der Waals surface area contributed by atoms with Crippen LogP contribution in [0.15, 0.2) is 59.9 Å². The zero-order valence-electron chi connectivity index (χ0n) is 16.5. The van der Waals surface area contributed by atoms with Crippen LogP contribution in [-0.4, -0.2) is 34.1 Å². The van der Waals surface area contributed by atoms with E-state index in [2.05, 4.69) is 14.7 Å². The number of anilines is 1. The van der Waals surface area contributed by atoms with Crippen LogP contribution in [0.25, 0.3) is 11.4 Å². The zero-order chi connectivity index (χ0) is 24.8. The Balaban J connectivity index is 1.77. The van der Waals surface area contributed by atoms with Crippen molar-refractivity contribution in [2.24, 2.45) is 0 Å². The molecule has 0 bridgehead atoms. The van der Waals surface area contributed by atoms with Gasteiger partial charge in [-0.05, 0) is 36.4 Å². The molecule has 0 fully saturated rings. The van der Waals surface area contributed by atoms with Crippen LogP contribution in [0.4, 0.5) is 18.9 Å². The van der Waals surface area contributed by atoms with E-state index >= 15 is 0 Å². The van der Waals surface area contributed by atoms with Gasteiger partial charge in [0, 0.05) is 29.7 Å². The van der Waals surface area contributed by atoms with Crippen LogP contribution in [-0.2, 0) is 16.2 Å². The summed E-state index contributed by atoms with van der Waals surface area (Å²) in [6.07, 6.45) is -1.27. The molecule has 2 N–H and O–H groups in total. The number of ketones is 1. The monoisotopic (exact) mass is 530 g/mol. The van der Waals surface area contributed by atoms with Crippen molar-refractivity contribution in [3.63, 3.8) is 0 Å². The molecule has 176 valence electrons. The van der Waals surface area contributed by atoms with Crippen LogP contribution >= 0.6 is 23.2 Å². The number of rotatable bonds is 5. The van der Waals surface area contributed by atoms with E-state index in [1.807, 2.05) is 0 Å². The number of aromatic nitrogens is 3. The molecule has 0 amide bonds. The van der Waals surface area contributed by atoms with Crippen LogP contribution in [0.5, 0.6) is 0 Å². The quantitative estimate of drug-likeness (QED) is 0.278. The molecule has 0 atom stereocenters. The fraction of sp³-hybridized carbons (Fsp3) is 0.0500. The molecule has 0 aliphatic carbocycles. The minimum absolute atomic E-state index is 0.0391. The second kappa shape index (κ2) is 8.46. The standard InChI is InChI=1S/C20H11Cl2F3N4O4S/c21-10-7-16(28-34(32,33)11-1-2-15(22)14(8-11)20(23,24)25)17(27-9-10)18(30)12-4-6-29(31)19-13(12)3-5-26-19/h1-9,28,31H. The van der Waals surface area contributed by atoms with Gasteiger partial charge in [-0.15, -0.1) is 0 Å². The van der Waals surface area contributed by atoms with Gasteiger partial charge in [0.25, 0.3) is 10.0 Å². The number of halogens is 5. The highest BCUT2D eigenvalue weighted by molar-refractivity contribution is 7.92. The van der Waals surface area contributed by atoms with Crippen molar-refractivity contribution in [3.8, 4) is 11.4 Å². The maximum absolute atomic E-state index is 13.2. The lowest BCUT2D eigenvalue weighted by molar-refractivity contribution is -0.137. The molecule has 0 saturated carbocycles. The Morgan fingerprint density at radius 1 is 1.09 bits per heavy atom. The van der Waals surface area contributed by atoms with Crippen molar-refractivity contribution in [2.45, 2.75) is 11.1 Å². The molecule has 4 rings (SSSR count). The molecule has 2 aliphatic heterocycles. The molecule has 0 spiro atoms. The van der Waals surface area contributed by atoms with E-state index in [1.54, 1.807) is 0 Å². The van der Waals surface area contributed by atoms with E-state index in [1.165, 1.54) is 18.3 Å². The lowest BCUT2D eigenvalue weighted by atomic mass is 10.0. The normalized spacial score (nSPS) is 12.1. The van der Waals surface area contributed by atoms with Crippen molar-refractivity contribution in [3.05, 3.63) is 81.9 Å². The molecule has 0 radical (unpaired) electrons. The van der Waals surface area contributed by atoms with E-state index < -0.39 is 37.5 Å². The highest BCUT2D eigenvalue weighted by atomic mass is 35.5. The van der Waals surface area contributed by atoms with Crippen LogP contribution in [0.1, 0.15) is 21.6 Å². The number of alkyl halides is 3. The largest absolute Gasteiger partial charge is 0.427 e. The van der Waals surface area contributed by atoms with E-state index in [-0.39, 0.29) is 33.4 Å². The predicted molar refractivity (Wildman–Crippen MR) is 116 cm³/mol. The predicted octanol–water partition coefficient (Wildman–Crippen LogP) is 4.98. The van der Waals surface area contributed by atoms with Crippen LogP contribution < -0.4 is 4.72 Å². The fourth-order valence-electron chi connectivity index (χ4n) is 3.14. The Kier molecular flexibility index (Phi) is 5.92. The van der Waals surface area contributed by atoms with Gasteiger partial charge in [0.15, 0.2) is 5.82 Å². The minimum Gasteiger partial charge on any atom is -0.427 e. The lowest BCUT2D eigenvalue weighted by Gasteiger charge is -2.15. The first-order valence-electron chi connectivity index (χ1n) is 9.13. The Morgan fingerprint density at radius 2 is 1.82 bits per heavy atom. The van der Waals surface area contributed by atoms with Gasteiger partial charge in [0.2, 0.25) is 5.78 Å². The van der Waals surface area contributed by atoms with Gasteiger partial charge in [0.1, 0.15) is 5.69 Å². The van der Waals surface area contributed by atoms with E-state index in [9.17, 15) is 31.6 Å². The molecule has 2 aliphatic rings. The van der Waals surface area contributed by atoms with Crippen molar-refractivity contribution in [2.75, 3.05) is 4.72 Å². The molecule has 1 aromatic carbocycles. The van der Waals surface area contributed by atoms with E-state index in [4.69, 9.17) is 23.2 Å². The number of benzene rings is 1. The van der Waals surface area contributed by atoms with Gasteiger partial charge in [-0.1, -0.05) is 23.2 Å². The summed E-state index contributed by atoms with van der Waals surface area (Å²) in [5.41, 5.74) is -1.79. The molecular weight excluding hydrogens is 520 g/mol. The first kappa shape index (κ1) is 23.8. The van der Waals surface area contributed by atoms with Gasteiger partial charge in [-0.25, -0.2) is 18.4 Å². The lowest BCUT2D eigenvalue weighted by Crippen LogP contribution is -2.18. The minimum atomic E-state index is -4.89. The second-order valence-corrected chi connectivity index (χ2v) is 9.41. The number of hydrogen-bond acceptors (Lipinski definition) is 6. The SMILES string of the molecule is O=C(c1ccn(O)c2nccc1-2)c1ncc(Cl)cc1NS(=O)(=O)c1ccc(Cl)c(C(F)(F)F)c1. The maximum atomic E-state index is 13.2. The third kappa shape index (κ3) is 4.39. The van der Waals surface area contributed by atoms with Crippen molar-refractivity contribution in [1.29, 1.82) is 0 Å². The van der Waals surface area contributed by atoms with Crippen LogP contribution in [0.2, 0.25) is 10.0 Å². The Hall–Kier alpha value is -3.35. The summed E-state index contributed by atoms with van der Waals surface area (Å²) < 4.78 is 68.1. The number of carbonyl (C=O) groups excluding carboxylic acids is 1. The average molecular weight is 531 g/mol. The summed E-state index contributed by atoms with van der Waals surface area (Å²) in [4.78, 5) is 20.3. The molecule has 2 aromatic rings. The van der Waals surface area contributed by atoms with Gasteiger partial charge in [-0.3, -0.25) is 9.52 Å². The summed E-state index contributed by atoms with van der Waals surface area (Å²) >= 11 is 11.5. The molecule has 0 saturated heterocycles. The number of sulfonamides is 1. The number of hydrogen-bond donors (Lipinski definition) is 2. The highest BCUT2D eigenvalue weighted by Gasteiger charge is 2.35. The third-order valence-corrected chi connectivity index (χ3v) is 6.58. The summed E-state index contributed by atoms with van der Waals surface area (Å²) in [5, 5.41) is 9.12. The van der Waals surface area contributed by atoms with Gasteiger partial charge >= 0.3 is 6.18 Å². The number of nitrogens with one attached hydrogen (secondary N) is 1. The topological polar surface area (TPSA) is 114 Å². The number of carbonyl (C=O) groups is 1. The fourth-order valence-corrected chi connectivity index (χ4v) is 4.61. The van der Waals surface area contributed by atoms with Crippen molar-refractivity contribution in [1.82, 2.24) is 14.7 Å². The summed E-state index contributed by atoms with van der Waals surface area (Å²) in [7, 11) is -4.62. The highest BCUT2D eigenvalue weighted by Crippen LogP contribution is 2.36. The average Bonchev–Trinajstić information content (AvgIpc) is 3.23. The Labute approximate surface area is 199 Å². The number of pyridine rings is 2. The van der Waals surface area contributed by atoms with Gasteiger partial charge < -0.3 is 5.21 Å².